The van der Waals surface area contributed by atoms with E-state index < -0.39 is 0 Å². The van der Waals surface area contributed by atoms with Crippen LogP contribution in [-0.2, 0) is 6.42 Å². The van der Waals surface area contributed by atoms with Crippen molar-refractivity contribution in [2.45, 2.75) is 13.3 Å². The molecule has 3 aromatic carbocycles. The molecular weight excluding hydrogens is 290 g/mol. The second-order valence-corrected chi connectivity index (χ2v) is 6.21. The first-order chi connectivity index (χ1) is 11.8. The summed E-state index contributed by atoms with van der Waals surface area (Å²) in [6.45, 7) is 2.11. The molecule has 1 heterocycles. The molecule has 0 aliphatic heterocycles. The maximum atomic E-state index is 4.88. The molecule has 0 unspecified atom stereocenters. The van der Waals surface area contributed by atoms with Crippen molar-refractivity contribution in [1.82, 2.24) is 4.98 Å². The summed E-state index contributed by atoms with van der Waals surface area (Å²) in [4.78, 5) is 4.88. The van der Waals surface area contributed by atoms with E-state index in [1.807, 2.05) is 0 Å². The van der Waals surface area contributed by atoms with E-state index in [0.29, 0.717) is 0 Å². The first-order valence-corrected chi connectivity index (χ1v) is 8.29. The zero-order valence-corrected chi connectivity index (χ0v) is 13.7. The average molecular weight is 309 g/mol. The van der Waals surface area contributed by atoms with Crippen molar-refractivity contribution in [2.75, 3.05) is 0 Å². The maximum Gasteiger partial charge on any atom is 0.0712 e. The Hall–Kier alpha value is -2.93. The van der Waals surface area contributed by atoms with Gasteiger partial charge in [0.2, 0.25) is 0 Å². The largest absolute Gasteiger partial charge is 0.248 e. The summed E-state index contributed by atoms with van der Waals surface area (Å²) in [5.41, 5.74) is 7.18. The lowest BCUT2D eigenvalue weighted by Crippen LogP contribution is -1.94. The topological polar surface area (TPSA) is 12.9 Å². The molecule has 0 amide bonds. The Morgan fingerprint density at radius 2 is 1.46 bits per heavy atom. The SMILES string of the molecule is Cc1ccc(-c2cc(Cc3ccccc3)c3ccccc3n2)cc1. The van der Waals surface area contributed by atoms with Gasteiger partial charge < -0.3 is 0 Å². The van der Waals surface area contributed by atoms with Gasteiger partial charge in [-0.3, -0.25) is 0 Å². The minimum absolute atomic E-state index is 0.919. The van der Waals surface area contributed by atoms with Crippen LogP contribution in [0.3, 0.4) is 0 Å². The van der Waals surface area contributed by atoms with E-state index in [0.717, 1.165) is 17.6 Å². The summed E-state index contributed by atoms with van der Waals surface area (Å²) in [6.07, 6.45) is 0.919. The van der Waals surface area contributed by atoms with Crippen molar-refractivity contribution in [3.05, 3.63) is 102 Å². The number of aryl methyl sites for hydroxylation is 1. The summed E-state index contributed by atoms with van der Waals surface area (Å²) in [7, 11) is 0. The van der Waals surface area contributed by atoms with Crippen molar-refractivity contribution >= 4 is 10.9 Å². The molecule has 0 aliphatic rings. The third-order valence-corrected chi connectivity index (χ3v) is 4.39. The molecule has 0 N–H and O–H groups in total. The Balaban J connectivity index is 1.86. The summed E-state index contributed by atoms with van der Waals surface area (Å²) in [6, 6.07) is 29.8. The van der Waals surface area contributed by atoms with E-state index in [9.17, 15) is 0 Å². The summed E-state index contributed by atoms with van der Waals surface area (Å²) < 4.78 is 0. The van der Waals surface area contributed by atoms with Crippen LogP contribution in [0.15, 0.2) is 84.9 Å². The number of benzene rings is 3. The van der Waals surface area contributed by atoms with E-state index in [1.54, 1.807) is 0 Å². The molecule has 0 spiro atoms. The van der Waals surface area contributed by atoms with Gasteiger partial charge in [-0.05, 0) is 36.6 Å². The molecule has 24 heavy (non-hydrogen) atoms. The number of hydrogen-bond acceptors (Lipinski definition) is 1. The van der Waals surface area contributed by atoms with Crippen LogP contribution in [0.25, 0.3) is 22.2 Å². The van der Waals surface area contributed by atoms with Crippen LogP contribution >= 0.6 is 0 Å². The highest BCUT2D eigenvalue weighted by atomic mass is 14.7. The molecule has 4 rings (SSSR count). The third-order valence-electron chi connectivity index (χ3n) is 4.39. The number of aromatic nitrogens is 1. The van der Waals surface area contributed by atoms with Gasteiger partial charge in [-0.2, -0.15) is 0 Å². The van der Waals surface area contributed by atoms with Gasteiger partial charge in [0.25, 0.3) is 0 Å². The van der Waals surface area contributed by atoms with Crippen LogP contribution in [0.4, 0.5) is 0 Å². The molecule has 4 aromatic rings. The van der Waals surface area contributed by atoms with E-state index in [2.05, 4.69) is 91.9 Å². The predicted molar refractivity (Wildman–Crippen MR) is 101 cm³/mol. The highest BCUT2D eigenvalue weighted by Gasteiger charge is 2.08. The molecule has 0 bridgehead atoms. The quantitative estimate of drug-likeness (QED) is 0.466. The number of pyridine rings is 1. The first kappa shape index (κ1) is 14.6. The molecule has 1 aromatic heterocycles. The zero-order valence-electron chi connectivity index (χ0n) is 13.7. The van der Waals surface area contributed by atoms with E-state index in [4.69, 9.17) is 4.98 Å². The van der Waals surface area contributed by atoms with E-state index in [-0.39, 0.29) is 0 Å². The standard InChI is InChI=1S/C23H19N/c1-17-11-13-19(14-12-17)23-16-20(15-18-7-3-2-4-8-18)21-9-5-6-10-22(21)24-23/h2-14,16H,15H2,1H3. The maximum absolute atomic E-state index is 4.88. The molecule has 0 radical (unpaired) electrons. The van der Waals surface area contributed by atoms with Gasteiger partial charge in [0, 0.05) is 10.9 Å². The predicted octanol–water partition coefficient (Wildman–Crippen LogP) is 5.80. The molecule has 0 saturated carbocycles. The number of nitrogens with zero attached hydrogens (tertiary/aromatic N) is 1. The number of para-hydroxylation sites is 1. The highest BCUT2D eigenvalue weighted by Crippen LogP contribution is 2.26. The Labute approximate surface area is 142 Å². The van der Waals surface area contributed by atoms with Crippen LogP contribution in [0.1, 0.15) is 16.7 Å². The summed E-state index contributed by atoms with van der Waals surface area (Å²) in [5, 5.41) is 1.23. The van der Waals surface area contributed by atoms with Gasteiger partial charge in [0.05, 0.1) is 11.2 Å². The zero-order chi connectivity index (χ0) is 16.4. The molecule has 116 valence electrons. The monoisotopic (exact) mass is 309 g/mol. The number of hydrogen-bond donors (Lipinski definition) is 0. The van der Waals surface area contributed by atoms with Gasteiger partial charge in [0.15, 0.2) is 0 Å². The smallest absolute Gasteiger partial charge is 0.0712 e. The normalized spacial score (nSPS) is 10.9. The summed E-state index contributed by atoms with van der Waals surface area (Å²) in [5.74, 6) is 0. The van der Waals surface area contributed by atoms with Crippen LogP contribution < -0.4 is 0 Å². The first-order valence-electron chi connectivity index (χ1n) is 8.29. The second kappa shape index (κ2) is 6.29. The molecule has 0 atom stereocenters. The summed E-state index contributed by atoms with van der Waals surface area (Å²) >= 11 is 0. The minimum atomic E-state index is 0.919. The molecule has 1 heteroatoms. The van der Waals surface area contributed by atoms with Crippen LogP contribution in [0.5, 0.6) is 0 Å². The molecular formula is C23H19N. The molecule has 0 saturated heterocycles. The van der Waals surface area contributed by atoms with Crippen molar-refractivity contribution < 1.29 is 0 Å². The molecule has 0 fully saturated rings. The molecule has 0 aliphatic carbocycles. The Morgan fingerprint density at radius 1 is 0.750 bits per heavy atom. The fourth-order valence-electron chi connectivity index (χ4n) is 3.08. The van der Waals surface area contributed by atoms with E-state index in [1.165, 1.54) is 27.6 Å². The Kier molecular flexibility index (Phi) is 3.84. The van der Waals surface area contributed by atoms with Gasteiger partial charge >= 0.3 is 0 Å². The van der Waals surface area contributed by atoms with E-state index >= 15 is 0 Å². The van der Waals surface area contributed by atoms with Crippen LogP contribution in [0, 0.1) is 6.92 Å². The Morgan fingerprint density at radius 3 is 2.25 bits per heavy atom. The third kappa shape index (κ3) is 2.93. The lowest BCUT2D eigenvalue weighted by molar-refractivity contribution is 1.20. The van der Waals surface area contributed by atoms with Crippen molar-refractivity contribution in [3.8, 4) is 11.3 Å². The average Bonchev–Trinajstić information content (AvgIpc) is 2.63. The lowest BCUT2D eigenvalue weighted by Gasteiger charge is -2.10. The fraction of sp³-hybridized carbons (Fsp3) is 0.0870. The van der Waals surface area contributed by atoms with Crippen LogP contribution in [-0.4, -0.2) is 4.98 Å². The van der Waals surface area contributed by atoms with Gasteiger partial charge in [-0.15, -0.1) is 0 Å². The van der Waals surface area contributed by atoms with Gasteiger partial charge in [-0.1, -0.05) is 78.4 Å². The lowest BCUT2D eigenvalue weighted by atomic mass is 9.98. The van der Waals surface area contributed by atoms with Crippen molar-refractivity contribution in [3.63, 3.8) is 0 Å². The molecule has 1 nitrogen and oxygen atoms in total. The Bertz CT molecular complexity index is 970. The highest BCUT2D eigenvalue weighted by molar-refractivity contribution is 5.85. The van der Waals surface area contributed by atoms with Gasteiger partial charge in [-0.25, -0.2) is 4.98 Å². The number of rotatable bonds is 3. The van der Waals surface area contributed by atoms with Crippen molar-refractivity contribution in [2.24, 2.45) is 0 Å². The number of fused-ring (bicyclic) bond motifs is 1. The fourth-order valence-corrected chi connectivity index (χ4v) is 3.08. The van der Waals surface area contributed by atoms with Crippen LogP contribution in [0.2, 0.25) is 0 Å². The minimum Gasteiger partial charge on any atom is -0.248 e. The van der Waals surface area contributed by atoms with Crippen molar-refractivity contribution in [1.29, 1.82) is 0 Å². The van der Waals surface area contributed by atoms with Gasteiger partial charge in [0.1, 0.15) is 0 Å². The second-order valence-electron chi connectivity index (χ2n) is 6.21.